The van der Waals surface area contributed by atoms with Crippen LogP contribution in [0.3, 0.4) is 0 Å². The molecule has 1 aromatic rings. The molecule has 0 aromatic carbocycles. The van der Waals surface area contributed by atoms with Crippen molar-refractivity contribution in [2.75, 3.05) is 46.6 Å². The maximum atomic E-state index is 12.6. The first-order chi connectivity index (χ1) is 11.8. The number of hydrogen-bond donors (Lipinski definition) is 0. The molecule has 0 spiro atoms. The minimum absolute atomic E-state index is 0.201. The highest BCUT2D eigenvalue weighted by Crippen LogP contribution is 2.27. The summed E-state index contributed by atoms with van der Waals surface area (Å²) in [7, 11) is 1.64. The number of carbonyl (C=O) groups is 1. The number of nitrogens with zero attached hydrogens (tertiary/aromatic N) is 3. The third-order valence-corrected chi connectivity index (χ3v) is 5.06. The van der Waals surface area contributed by atoms with Gasteiger partial charge in [-0.25, -0.2) is 0 Å². The Morgan fingerprint density at radius 1 is 1.29 bits per heavy atom. The number of ether oxygens (including phenoxy) is 2. The predicted octanol–water partition coefficient (Wildman–Crippen LogP) is 0.962. The van der Waals surface area contributed by atoms with Crippen molar-refractivity contribution in [2.24, 2.45) is 0 Å². The fraction of sp³-hybridized carbons (Fsp3) is 0.667. The van der Waals surface area contributed by atoms with Crippen molar-refractivity contribution in [1.29, 1.82) is 0 Å². The van der Waals surface area contributed by atoms with Crippen LogP contribution in [0.4, 0.5) is 0 Å². The van der Waals surface area contributed by atoms with E-state index < -0.39 is 0 Å². The highest BCUT2D eigenvalue weighted by Gasteiger charge is 2.40. The molecular weight excluding hydrogens is 306 g/mol. The Labute approximate surface area is 143 Å². The second-order valence-electron chi connectivity index (χ2n) is 6.46. The molecule has 1 aromatic heterocycles. The van der Waals surface area contributed by atoms with Gasteiger partial charge >= 0.3 is 0 Å². The highest BCUT2D eigenvalue weighted by molar-refractivity contribution is 5.77. The molecule has 0 aliphatic carbocycles. The van der Waals surface area contributed by atoms with Crippen LogP contribution in [0.2, 0.25) is 0 Å². The van der Waals surface area contributed by atoms with Crippen LogP contribution in [0.5, 0.6) is 0 Å². The Hall–Kier alpha value is -1.50. The minimum Gasteiger partial charge on any atom is -0.384 e. The zero-order valence-electron chi connectivity index (χ0n) is 14.4. The van der Waals surface area contributed by atoms with E-state index in [-0.39, 0.29) is 11.9 Å². The quantitative estimate of drug-likeness (QED) is 0.776. The Bertz CT molecular complexity index is 520. The van der Waals surface area contributed by atoms with Crippen LogP contribution in [-0.2, 0) is 20.7 Å². The largest absolute Gasteiger partial charge is 0.384 e. The SMILES string of the molecule is COCCC(=O)N1CC[C@@H](N2CCOCC2)[C@@H]1Cc1ccncc1. The fourth-order valence-electron chi connectivity index (χ4n) is 3.82. The van der Waals surface area contributed by atoms with E-state index in [9.17, 15) is 4.79 Å². The van der Waals surface area contributed by atoms with Crippen molar-refractivity contribution in [2.45, 2.75) is 31.3 Å². The van der Waals surface area contributed by atoms with Crippen LogP contribution in [0.25, 0.3) is 0 Å². The smallest absolute Gasteiger partial charge is 0.225 e. The maximum Gasteiger partial charge on any atom is 0.225 e. The van der Waals surface area contributed by atoms with Gasteiger partial charge in [-0.05, 0) is 30.5 Å². The van der Waals surface area contributed by atoms with Gasteiger partial charge < -0.3 is 14.4 Å². The van der Waals surface area contributed by atoms with Gasteiger partial charge in [0.15, 0.2) is 0 Å². The second kappa shape index (κ2) is 8.55. The molecule has 2 fully saturated rings. The second-order valence-corrected chi connectivity index (χ2v) is 6.46. The Kier molecular flexibility index (Phi) is 6.18. The van der Waals surface area contributed by atoms with E-state index in [0.29, 0.717) is 19.1 Å². The zero-order chi connectivity index (χ0) is 16.8. The molecule has 0 unspecified atom stereocenters. The lowest BCUT2D eigenvalue weighted by Crippen LogP contribution is -2.51. The van der Waals surface area contributed by atoms with Crippen LogP contribution in [0.15, 0.2) is 24.5 Å². The fourth-order valence-corrected chi connectivity index (χ4v) is 3.82. The molecule has 0 radical (unpaired) electrons. The Balaban J connectivity index is 1.74. The number of likely N-dealkylation sites (tertiary alicyclic amines) is 1. The average Bonchev–Trinajstić information content (AvgIpc) is 3.05. The molecule has 24 heavy (non-hydrogen) atoms. The minimum atomic E-state index is 0.201. The lowest BCUT2D eigenvalue weighted by molar-refractivity contribution is -0.133. The normalized spacial score (nSPS) is 25.1. The molecular formula is C18H27N3O3. The lowest BCUT2D eigenvalue weighted by atomic mass is 9.99. The van der Waals surface area contributed by atoms with Gasteiger partial charge in [0, 0.05) is 45.2 Å². The summed E-state index contributed by atoms with van der Waals surface area (Å²) in [5.74, 6) is 0.201. The van der Waals surface area contributed by atoms with Gasteiger partial charge in [0.2, 0.25) is 5.91 Å². The zero-order valence-corrected chi connectivity index (χ0v) is 14.4. The summed E-state index contributed by atoms with van der Waals surface area (Å²) in [6, 6.07) is 4.72. The van der Waals surface area contributed by atoms with Crippen molar-refractivity contribution in [1.82, 2.24) is 14.8 Å². The van der Waals surface area contributed by atoms with E-state index in [1.807, 2.05) is 24.5 Å². The summed E-state index contributed by atoms with van der Waals surface area (Å²) >= 11 is 0. The summed E-state index contributed by atoms with van der Waals surface area (Å²) in [5.41, 5.74) is 1.24. The van der Waals surface area contributed by atoms with Gasteiger partial charge in [-0.15, -0.1) is 0 Å². The molecule has 2 saturated heterocycles. The van der Waals surface area contributed by atoms with E-state index in [1.54, 1.807) is 7.11 Å². The number of rotatable bonds is 6. The number of hydrogen-bond acceptors (Lipinski definition) is 5. The molecule has 2 aliphatic heterocycles. The first-order valence-corrected chi connectivity index (χ1v) is 8.78. The third kappa shape index (κ3) is 4.12. The molecule has 2 aliphatic rings. The van der Waals surface area contributed by atoms with Crippen LogP contribution in [0, 0.1) is 0 Å². The van der Waals surface area contributed by atoms with E-state index >= 15 is 0 Å². The number of morpholine rings is 1. The van der Waals surface area contributed by atoms with Gasteiger partial charge in [0.05, 0.1) is 32.3 Å². The van der Waals surface area contributed by atoms with Gasteiger partial charge in [-0.2, -0.15) is 0 Å². The molecule has 1 amide bonds. The summed E-state index contributed by atoms with van der Waals surface area (Å²) in [5, 5.41) is 0. The third-order valence-electron chi connectivity index (χ3n) is 5.06. The van der Waals surface area contributed by atoms with Gasteiger partial charge in [0.1, 0.15) is 0 Å². The van der Waals surface area contributed by atoms with Crippen molar-refractivity contribution in [3.63, 3.8) is 0 Å². The van der Waals surface area contributed by atoms with Crippen LogP contribution in [-0.4, -0.2) is 79.3 Å². The molecule has 132 valence electrons. The number of pyridine rings is 1. The predicted molar refractivity (Wildman–Crippen MR) is 90.7 cm³/mol. The van der Waals surface area contributed by atoms with E-state index in [2.05, 4.69) is 14.8 Å². The molecule has 3 rings (SSSR count). The molecule has 2 atom stereocenters. The van der Waals surface area contributed by atoms with Gasteiger partial charge in [-0.1, -0.05) is 0 Å². The summed E-state index contributed by atoms with van der Waals surface area (Å²) in [6.07, 6.45) is 6.02. The Morgan fingerprint density at radius 3 is 2.75 bits per heavy atom. The molecule has 0 saturated carbocycles. The standard InChI is InChI=1S/C18H27N3O3/c1-23-11-5-18(22)21-8-4-16(20-9-12-24-13-10-20)17(21)14-15-2-6-19-7-3-15/h2-3,6-7,16-17H,4-5,8-14H2,1H3/t16-,17+/m1/s1. The van der Waals surface area contributed by atoms with Crippen molar-refractivity contribution < 1.29 is 14.3 Å². The van der Waals surface area contributed by atoms with Crippen molar-refractivity contribution in [3.05, 3.63) is 30.1 Å². The average molecular weight is 333 g/mol. The lowest BCUT2D eigenvalue weighted by Gasteiger charge is -2.37. The molecule has 6 heteroatoms. The molecule has 6 nitrogen and oxygen atoms in total. The van der Waals surface area contributed by atoms with Gasteiger partial charge in [-0.3, -0.25) is 14.7 Å². The van der Waals surface area contributed by atoms with E-state index in [1.165, 1.54) is 5.56 Å². The van der Waals surface area contributed by atoms with Crippen LogP contribution >= 0.6 is 0 Å². The number of amides is 1. The number of carbonyl (C=O) groups excluding carboxylic acids is 1. The molecule has 3 heterocycles. The number of aromatic nitrogens is 1. The van der Waals surface area contributed by atoms with Crippen LogP contribution in [0.1, 0.15) is 18.4 Å². The molecule has 0 bridgehead atoms. The maximum absolute atomic E-state index is 12.6. The number of methoxy groups -OCH3 is 1. The highest BCUT2D eigenvalue weighted by atomic mass is 16.5. The first kappa shape index (κ1) is 17.3. The summed E-state index contributed by atoms with van der Waals surface area (Å²) in [4.78, 5) is 21.3. The topological polar surface area (TPSA) is 54.9 Å². The van der Waals surface area contributed by atoms with E-state index in [0.717, 1.165) is 45.7 Å². The van der Waals surface area contributed by atoms with Crippen molar-refractivity contribution in [3.8, 4) is 0 Å². The summed E-state index contributed by atoms with van der Waals surface area (Å²) < 4.78 is 10.6. The van der Waals surface area contributed by atoms with Crippen molar-refractivity contribution >= 4 is 5.91 Å². The Morgan fingerprint density at radius 2 is 2.04 bits per heavy atom. The molecule has 0 N–H and O–H groups in total. The van der Waals surface area contributed by atoms with Crippen LogP contribution < -0.4 is 0 Å². The van der Waals surface area contributed by atoms with E-state index in [4.69, 9.17) is 9.47 Å². The van der Waals surface area contributed by atoms with Gasteiger partial charge in [0.25, 0.3) is 0 Å². The first-order valence-electron chi connectivity index (χ1n) is 8.78. The monoisotopic (exact) mass is 333 g/mol. The summed E-state index contributed by atoms with van der Waals surface area (Å²) in [6.45, 7) is 4.81.